The van der Waals surface area contributed by atoms with E-state index in [9.17, 15) is 9.18 Å². The summed E-state index contributed by atoms with van der Waals surface area (Å²) in [5, 5.41) is 0. The minimum absolute atomic E-state index is 0.00487. The van der Waals surface area contributed by atoms with Crippen molar-refractivity contribution in [2.24, 2.45) is 11.3 Å². The fourth-order valence-electron chi connectivity index (χ4n) is 2.98. The molecule has 1 aromatic rings. The van der Waals surface area contributed by atoms with Gasteiger partial charge in [0.2, 0.25) is 0 Å². The Labute approximate surface area is 134 Å². The van der Waals surface area contributed by atoms with Gasteiger partial charge in [0.1, 0.15) is 5.82 Å². The molecule has 1 unspecified atom stereocenters. The fraction of sp³-hybridized carbons (Fsp3) is 0.588. The van der Waals surface area contributed by atoms with Gasteiger partial charge in [-0.3, -0.25) is 4.79 Å². The molecule has 0 N–H and O–H groups in total. The van der Waals surface area contributed by atoms with E-state index in [4.69, 9.17) is 0 Å². The maximum Gasteiger partial charge on any atom is 0.253 e. The summed E-state index contributed by atoms with van der Waals surface area (Å²) in [6.45, 7) is 8.39. The zero-order chi connectivity index (χ0) is 15.6. The number of halogens is 2. The van der Waals surface area contributed by atoms with E-state index in [0.717, 1.165) is 25.9 Å². The molecule has 1 saturated heterocycles. The zero-order valence-electron chi connectivity index (χ0n) is 13.0. The number of carbonyl (C=O) groups is 1. The molecule has 116 valence electrons. The third-order valence-corrected chi connectivity index (χ3v) is 5.01. The van der Waals surface area contributed by atoms with Gasteiger partial charge in [-0.05, 0) is 64.7 Å². The molecule has 1 aliphatic rings. The molecule has 21 heavy (non-hydrogen) atoms. The van der Waals surface area contributed by atoms with Crippen LogP contribution in [0.15, 0.2) is 22.7 Å². The van der Waals surface area contributed by atoms with Crippen LogP contribution in [0.4, 0.5) is 4.39 Å². The van der Waals surface area contributed by atoms with Crippen molar-refractivity contribution >= 4 is 21.8 Å². The van der Waals surface area contributed by atoms with E-state index < -0.39 is 0 Å². The first kappa shape index (κ1) is 16.5. The molecule has 0 saturated carbocycles. The van der Waals surface area contributed by atoms with Crippen molar-refractivity contribution in [3.05, 3.63) is 34.1 Å². The lowest BCUT2D eigenvalue weighted by atomic mass is 9.77. The van der Waals surface area contributed by atoms with Gasteiger partial charge in [-0.1, -0.05) is 20.8 Å². The molecular weight excluding hydrogens is 333 g/mol. The number of likely N-dealkylation sites (tertiary alicyclic amines) is 1. The van der Waals surface area contributed by atoms with Gasteiger partial charge in [0.25, 0.3) is 5.91 Å². The SMILES string of the molecule is CC(C)(C)C1CCCN(C(=O)c2ccc(F)c(Br)c2)CC1. The lowest BCUT2D eigenvalue weighted by Gasteiger charge is -2.29. The Morgan fingerprint density at radius 2 is 2.00 bits per heavy atom. The van der Waals surface area contributed by atoms with Crippen molar-refractivity contribution in [3.8, 4) is 0 Å². The average Bonchev–Trinajstić information content (AvgIpc) is 2.66. The first-order valence-electron chi connectivity index (χ1n) is 7.53. The van der Waals surface area contributed by atoms with E-state index in [2.05, 4.69) is 36.7 Å². The second-order valence-corrected chi connectivity index (χ2v) is 7.77. The van der Waals surface area contributed by atoms with Crippen LogP contribution in [0.1, 0.15) is 50.4 Å². The number of hydrogen-bond acceptors (Lipinski definition) is 1. The van der Waals surface area contributed by atoms with Crippen molar-refractivity contribution in [1.82, 2.24) is 4.90 Å². The number of nitrogens with zero attached hydrogens (tertiary/aromatic N) is 1. The van der Waals surface area contributed by atoms with Crippen molar-refractivity contribution in [2.75, 3.05) is 13.1 Å². The van der Waals surface area contributed by atoms with Crippen LogP contribution in [0.2, 0.25) is 0 Å². The first-order valence-corrected chi connectivity index (χ1v) is 8.32. The highest BCUT2D eigenvalue weighted by atomic mass is 79.9. The molecule has 2 nitrogen and oxygen atoms in total. The molecule has 0 aliphatic carbocycles. The highest BCUT2D eigenvalue weighted by Gasteiger charge is 2.28. The summed E-state index contributed by atoms with van der Waals surface area (Å²) >= 11 is 3.14. The van der Waals surface area contributed by atoms with Crippen LogP contribution in [0.5, 0.6) is 0 Å². The van der Waals surface area contributed by atoms with Gasteiger partial charge in [-0.25, -0.2) is 4.39 Å². The molecule has 0 radical (unpaired) electrons. The summed E-state index contributed by atoms with van der Waals surface area (Å²) in [4.78, 5) is 14.5. The molecule has 1 aliphatic heterocycles. The Morgan fingerprint density at radius 3 is 2.62 bits per heavy atom. The quantitative estimate of drug-likeness (QED) is 0.703. The summed E-state index contributed by atoms with van der Waals surface area (Å²) in [6, 6.07) is 4.48. The lowest BCUT2D eigenvalue weighted by Crippen LogP contribution is -2.32. The Hall–Kier alpha value is -0.900. The molecule has 1 aromatic carbocycles. The molecule has 2 rings (SSSR count). The highest BCUT2D eigenvalue weighted by Crippen LogP contribution is 2.34. The Morgan fingerprint density at radius 1 is 1.29 bits per heavy atom. The Bertz CT molecular complexity index is 524. The molecule has 1 heterocycles. The lowest BCUT2D eigenvalue weighted by molar-refractivity contribution is 0.0755. The maximum atomic E-state index is 13.3. The molecule has 0 spiro atoms. The van der Waals surface area contributed by atoms with Gasteiger partial charge in [0.05, 0.1) is 4.47 Å². The fourth-order valence-corrected chi connectivity index (χ4v) is 3.36. The predicted octanol–water partition coefficient (Wildman–Crippen LogP) is 4.88. The zero-order valence-corrected chi connectivity index (χ0v) is 14.5. The summed E-state index contributed by atoms with van der Waals surface area (Å²) in [6.07, 6.45) is 3.24. The third-order valence-electron chi connectivity index (χ3n) is 4.41. The van der Waals surface area contributed by atoms with Crippen LogP contribution in [0.25, 0.3) is 0 Å². The summed E-state index contributed by atoms with van der Waals surface area (Å²) in [5.41, 5.74) is 0.843. The topological polar surface area (TPSA) is 20.3 Å². The standard InChI is InChI=1S/C17H23BrFNO/c1-17(2,3)13-5-4-9-20(10-8-13)16(21)12-6-7-15(19)14(18)11-12/h6-7,11,13H,4-5,8-10H2,1-3H3. The van der Waals surface area contributed by atoms with E-state index >= 15 is 0 Å². The van der Waals surface area contributed by atoms with Gasteiger partial charge < -0.3 is 4.90 Å². The van der Waals surface area contributed by atoms with Crippen molar-refractivity contribution in [3.63, 3.8) is 0 Å². The largest absolute Gasteiger partial charge is 0.339 e. The van der Waals surface area contributed by atoms with Crippen LogP contribution >= 0.6 is 15.9 Å². The van der Waals surface area contributed by atoms with Crippen LogP contribution in [-0.4, -0.2) is 23.9 Å². The molecule has 1 atom stereocenters. The number of carbonyl (C=O) groups excluding carboxylic acids is 1. The third kappa shape index (κ3) is 4.06. The van der Waals surface area contributed by atoms with Gasteiger partial charge in [-0.15, -0.1) is 0 Å². The van der Waals surface area contributed by atoms with E-state index in [1.54, 1.807) is 12.1 Å². The molecular formula is C17H23BrFNO. The van der Waals surface area contributed by atoms with E-state index in [0.29, 0.717) is 16.0 Å². The monoisotopic (exact) mass is 355 g/mol. The number of rotatable bonds is 1. The summed E-state index contributed by atoms with van der Waals surface area (Å²) in [7, 11) is 0. The van der Waals surface area contributed by atoms with Crippen LogP contribution < -0.4 is 0 Å². The van der Waals surface area contributed by atoms with E-state index in [1.807, 2.05) is 4.90 Å². The number of amides is 1. The van der Waals surface area contributed by atoms with Gasteiger partial charge in [-0.2, -0.15) is 0 Å². The van der Waals surface area contributed by atoms with Crippen LogP contribution in [0, 0.1) is 17.2 Å². The van der Waals surface area contributed by atoms with Crippen LogP contribution in [-0.2, 0) is 0 Å². The van der Waals surface area contributed by atoms with Crippen molar-refractivity contribution in [1.29, 1.82) is 0 Å². The van der Waals surface area contributed by atoms with Gasteiger partial charge in [0, 0.05) is 18.7 Å². The number of hydrogen-bond donors (Lipinski definition) is 0. The Kier molecular flexibility index (Phi) is 5.07. The second kappa shape index (κ2) is 6.47. The van der Waals surface area contributed by atoms with Gasteiger partial charge >= 0.3 is 0 Å². The molecule has 4 heteroatoms. The van der Waals surface area contributed by atoms with Crippen molar-refractivity contribution < 1.29 is 9.18 Å². The average molecular weight is 356 g/mol. The second-order valence-electron chi connectivity index (χ2n) is 6.91. The van der Waals surface area contributed by atoms with Crippen molar-refractivity contribution in [2.45, 2.75) is 40.0 Å². The van der Waals surface area contributed by atoms with Crippen LogP contribution in [0.3, 0.4) is 0 Å². The summed E-state index contributed by atoms with van der Waals surface area (Å²) < 4.78 is 13.6. The van der Waals surface area contributed by atoms with E-state index in [1.165, 1.54) is 12.5 Å². The minimum atomic E-state index is -0.338. The predicted molar refractivity (Wildman–Crippen MR) is 86.8 cm³/mol. The molecule has 1 amide bonds. The highest BCUT2D eigenvalue weighted by molar-refractivity contribution is 9.10. The first-order chi connectivity index (χ1) is 9.79. The molecule has 0 aromatic heterocycles. The van der Waals surface area contributed by atoms with E-state index in [-0.39, 0.29) is 17.1 Å². The van der Waals surface area contributed by atoms with Gasteiger partial charge in [0.15, 0.2) is 0 Å². The molecule has 1 fully saturated rings. The maximum absolute atomic E-state index is 13.3. The summed E-state index contributed by atoms with van der Waals surface area (Å²) in [5.74, 6) is 0.315. The smallest absolute Gasteiger partial charge is 0.253 e. The minimum Gasteiger partial charge on any atom is -0.339 e. The number of benzene rings is 1. The normalized spacial score (nSPS) is 20.2. The molecule has 0 bridgehead atoms. The Balaban J connectivity index is 2.08.